The number of rotatable bonds is 2. The third-order valence-electron chi connectivity index (χ3n) is 2.83. The number of fused-ring (bicyclic) bond motifs is 3. The molecule has 1 aromatic heterocycles. The lowest BCUT2D eigenvalue weighted by Crippen LogP contribution is -2.27. The van der Waals surface area contributed by atoms with Gasteiger partial charge in [-0.15, -0.1) is 6.58 Å². The smallest absolute Gasteiger partial charge is 0.0773 e. The molecule has 0 saturated carbocycles. The zero-order valence-electron chi connectivity index (χ0n) is 9.16. The third kappa shape index (κ3) is 1.73. The Labute approximate surface area is 109 Å². The predicted molar refractivity (Wildman–Crippen MR) is 75.3 cm³/mol. The second-order valence-corrected chi connectivity index (χ2v) is 5.21. The van der Waals surface area contributed by atoms with E-state index in [-0.39, 0.29) is 0 Å². The van der Waals surface area contributed by atoms with Crippen LogP contribution in [0.1, 0.15) is 5.56 Å². The van der Waals surface area contributed by atoms with Crippen LogP contribution < -0.4 is 9.03 Å². The van der Waals surface area contributed by atoms with E-state index in [1.165, 1.54) is 11.3 Å². The molecule has 0 radical (unpaired) electrons. The number of aromatic nitrogens is 1. The van der Waals surface area contributed by atoms with Crippen molar-refractivity contribution in [2.24, 2.45) is 0 Å². The van der Waals surface area contributed by atoms with E-state index in [4.69, 9.17) is 11.6 Å². The Hall–Kier alpha value is -1.10. The van der Waals surface area contributed by atoms with Crippen molar-refractivity contribution in [2.45, 2.75) is 6.54 Å². The highest BCUT2D eigenvalue weighted by Crippen LogP contribution is 2.39. The second kappa shape index (κ2) is 4.29. The van der Waals surface area contributed by atoms with Crippen molar-refractivity contribution >= 4 is 40.3 Å². The minimum Gasteiger partial charge on any atom is -0.359 e. The summed E-state index contributed by atoms with van der Waals surface area (Å²) in [6, 6.07) is 4.05. The zero-order valence-corrected chi connectivity index (χ0v) is 10.7. The van der Waals surface area contributed by atoms with Gasteiger partial charge in [0.15, 0.2) is 0 Å². The predicted octanol–water partition coefficient (Wildman–Crippen LogP) is 3.48. The monoisotopic (exact) mass is 265 g/mol. The lowest BCUT2D eigenvalue weighted by atomic mass is 10.1. The number of hydrogen-bond acceptors (Lipinski definition) is 3. The molecule has 88 valence electrons. The van der Waals surface area contributed by atoms with Crippen molar-refractivity contribution in [1.29, 1.82) is 0 Å². The molecule has 0 atom stereocenters. The minimum absolute atomic E-state index is 0.792. The van der Waals surface area contributed by atoms with Gasteiger partial charge in [0.1, 0.15) is 0 Å². The fraction of sp³-hybridized carbons (Fsp3) is 0.167. The molecule has 5 heteroatoms. The van der Waals surface area contributed by atoms with Crippen LogP contribution in [-0.4, -0.2) is 11.5 Å². The molecule has 0 saturated heterocycles. The van der Waals surface area contributed by atoms with Crippen LogP contribution in [0.25, 0.3) is 10.9 Å². The van der Waals surface area contributed by atoms with Gasteiger partial charge in [-0.25, -0.2) is 4.72 Å². The van der Waals surface area contributed by atoms with Gasteiger partial charge >= 0.3 is 0 Å². The SMILES string of the molecule is C=CCN1SNCc2cc(Cl)c3cc[nH]c3c21. The van der Waals surface area contributed by atoms with Crippen LogP contribution in [-0.2, 0) is 6.54 Å². The maximum absolute atomic E-state index is 6.27. The third-order valence-corrected chi connectivity index (χ3v) is 3.97. The Morgan fingerprint density at radius 3 is 3.29 bits per heavy atom. The molecule has 3 nitrogen and oxygen atoms in total. The van der Waals surface area contributed by atoms with Crippen molar-refractivity contribution < 1.29 is 0 Å². The van der Waals surface area contributed by atoms with Crippen LogP contribution in [0.2, 0.25) is 5.02 Å². The summed E-state index contributed by atoms with van der Waals surface area (Å²) < 4.78 is 5.46. The first kappa shape index (κ1) is 11.0. The standard InChI is InChI=1S/C12H12ClN3S/c1-2-5-16-12-8(7-15-17-16)6-10(13)9-3-4-14-11(9)12/h2-4,6,14-15H,1,5,7H2. The van der Waals surface area contributed by atoms with Crippen LogP contribution in [0.4, 0.5) is 5.69 Å². The number of hydrogen-bond donors (Lipinski definition) is 2. The van der Waals surface area contributed by atoms with E-state index in [9.17, 15) is 0 Å². The highest BCUT2D eigenvalue weighted by atomic mass is 35.5. The van der Waals surface area contributed by atoms with Crippen molar-refractivity contribution in [3.8, 4) is 0 Å². The van der Waals surface area contributed by atoms with Gasteiger partial charge in [-0.05, 0) is 17.7 Å². The van der Waals surface area contributed by atoms with E-state index in [0.29, 0.717) is 0 Å². The van der Waals surface area contributed by atoms with Crippen LogP contribution in [0, 0.1) is 0 Å². The van der Waals surface area contributed by atoms with Gasteiger partial charge in [-0.2, -0.15) is 0 Å². The average Bonchev–Trinajstić information content (AvgIpc) is 2.79. The van der Waals surface area contributed by atoms with Gasteiger partial charge in [0, 0.05) is 36.8 Å². The van der Waals surface area contributed by atoms with E-state index in [0.717, 1.165) is 29.0 Å². The fourth-order valence-corrected chi connectivity index (χ4v) is 3.27. The molecule has 0 unspecified atom stereocenters. The van der Waals surface area contributed by atoms with Gasteiger partial charge in [-0.3, -0.25) is 4.31 Å². The molecule has 1 aromatic carbocycles. The van der Waals surface area contributed by atoms with Gasteiger partial charge in [-0.1, -0.05) is 17.7 Å². The molecule has 1 aliphatic heterocycles. The fourth-order valence-electron chi connectivity index (χ4n) is 2.12. The van der Waals surface area contributed by atoms with Crippen molar-refractivity contribution in [1.82, 2.24) is 9.71 Å². The molecule has 3 rings (SSSR count). The molecule has 0 spiro atoms. The summed E-state index contributed by atoms with van der Waals surface area (Å²) in [5.74, 6) is 0. The van der Waals surface area contributed by atoms with Gasteiger partial charge < -0.3 is 4.98 Å². The summed E-state index contributed by atoms with van der Waals surface area (Å²) in [4.78, 5) is 3.28. The maximum atomic E-state index is 6.27. The Morgan fingerprint density at radius 1 is 1.59 bits per heavy atom. The Kier molecular flexibility index (Phi) is 2.78. The number of nitrogens with one attached hydrogen (secondary N) is 2. The van der Waals surface area contributed by atoms with Gasteiger partial charge in [0.2, 0.25) is 0 Å². The van der Waals surface area contributed by atoms with Crippen LogP contribution in [0.3, 0.4) is 0 Å². The first-order valence-corrected chi connectivity index (χ1v) is 6.53. The van der Waals surface area contributed by atoms with Crippen molar-refractivity contribution in [2.75, 3.05) is 10.8 Å². The van der Waals surface area contributed by atoms with Gasteiger partial charge in [0.25, 0.3) is 0 Å². The quantitative estimate of drug-likeness (QED) is 0.644. The highest BCUT2D eigenvalue weighted by Gasteiger charge is 2.21. The first-order valence-electron chi connectivity index (χ1n) is 5.38. The van der Waals surface area contributed by atoms with E-state index < -0.39 is 0 Å². The molecule has 1 aliphatic rings. The second-order valence-electron chi connectivity index (χ2n) is 3.89. The number of benzene rings is 1. The summed E-state index contributed by atoms with van der Waals surface area (Å²) in [7, 11) is 0. The lowest BCUT2D eigenvalue weighted by Gasteiger charge is -2.29. The van der Waals surface area contributed by atoms with E-state index in [1.807, 2.05) is 24.4 Å². The number of aromatic amines is 1. The van der Waals surface area contributed by atoms with E-state index >= 15 is 0 Å². The molecule has 2 heterocycles. The van der Waals surface area contributed by atoms with Crippen LogP contribution >= 0.6 is 23.7 Å². The number of H-pyrrole nitrogens is 1. The molecule has 17 heavy (non-hydrogen) atoms. The largest absolute Gasteiger partial charge is 0.359 e. The normalized spacial score (nSPS) is 15.0. The van der Waals surface area contributed by atoms with Crippen LogP contribution in [0.15, 0.2) is 31.0 Å². The molecular weight excluding hydrogens is 254 g/mol. The van der Waals surface area contributed by atoms with Crippen LogP contribution in [0.5, 0.6) is 0 Å². The van der Waals surface area contributed by atoms with E-state index in [2.05, 4.69) is 20.6 Å². The molecule has 0 bridgehead atoms. The molecular formula is C12H12ClN3S. The summed E-state index contributed by atoms with van der Waals surface area (Å²) in [5, 5.41) is 1.87. The summed E-state index contributed by atoms with van der Waals surface area (Å²) in [6.45, 7) is 5.41. The molecule has 0 aliphatic carbocycles. The Morgan fingerprint density at radius 2 is 2.47 bits per heavy atom. The lowest BCUT2D eigenvalue weighted by molar-refractivity contribution is 0.939. The van der Waals surface area contributed by atoms with E-state index in [1.54, 1.807) is 12.1 Å². The Bertz CT molecular complexity index is 578. The molecule has 0 fully saturated rings. The molecule has 2 N–H and O–H groups in total. The summed E-state index contributed by atoms with van der Waals surface area (Å²) in [6.07, 6.45) is 3.82. The maximum Gasteiger partial charge on any atom is 0.0773 e. The molecule has 0 amide bonds. The van der Waals surface area contributed by atoms with Crippen molar-refractivity contribution in [3.05, 3.63) is 41.6 Å². The topological polar surface area (TPSA) is 31.1 Å². The number of anilines is 1. The zero-order chi connectivity index (χ0) is 11.8. The summed E-state index contributed by atoms with van der Waals surface area (Å²) in [5.41, 5.74) is 3.52. The number of halogens is 1. The van der Waals surface area contributed by atoms with Gasteiger partial charge in [0.05, 0.1) is 16.2 Å². The van der Waals surface area contributed by atoms with Crippen molar-refractivity contribution in [3.63, 3.8) is 0 Å². The minimum atomic E-state index is 0.792. The summed E-state index contributed by atoms with van der Waals surface area (Å²) >= 11 is 7.87. The molecule has 2 aromatic rings. The average molecular weight is 266 g/mol. The highest BCUT2D eigenvalue weighted by molar-refractivity contribution is 7.98. The number of nitrogens with zero attached hydrogens (tertiary/aromatic N) is 1. The Balaban J connectivity index is 2.26. The first-order chi connectivity index (χ1) is 8.31.